The van der Waals surface area contributed by atoms with E-state index in [0.717, 1.165) is 42.5 Å². The molecule has 0 saturated carbocycles. The van der Waals surface area contributed by atoms with Crippen LogP contribution in [0, 0.1) is 0 Å². The Balaban J connectivity index is 1.73. The second-order valence-electron chi connectivity index (χ2n) is 6.54. The summed E-state index contributed by atoms with van der Waals surface area (Å²) in [5, 5.41) is 11.4. The zero-order valence-electron chi connectivity index (χ0n) is 15.9. The highest BCUT2D eigenvalue weighted by Crippen LogP contribution is 2.13. The molecule has 0 spiro atoms. The standard InChI is InChI=1S/C22H27N3O3/c23-16-2-4-18-10-13-20(14-11-18)24-21(26)5-1-3-17-6-8-19(9-7-17)12-15-22(27)25-28/h6-15,28H,1-5,16,23H2,(H,24,26)(H,25,27)/b15-12+. The summed E-state index contributed by atoms with van der Waals surface area (Å²) >= 11 is 0. The molecular weight excluding hydrogens is 354 g/mol. The van der Waals surface area contributed by atoms with Crippen molar-refractivity contribution in [1.82, 2.24) is 5.48 Å². The molecule has 0 unspecified atom stereocenters. The predicted octanol–water partition coefficient (Wildman–Crippen LogP) is 3.06. The van der Waals surface area contributed by atoms with Crippen molar-refractivity contribution in [3.63, 3.8) is 0 Å². The van der Waals surface area contributed by atoms with Gasteiger partial charge in [-0.15, -0.1) is 0 Å². The summed E-state index contributed by atoms with van der Waals surface area (Å²) in [7, 11) is 0. The fourth-order valence-corrected chi connectivity index (χ4v) is 2.74. The summed E-state index contributed by atoms with van der Waals surface area (Å²) in [6, 6.07) is 15.6. The summed E-state index contributed by atoms with van der Waals surface area (Å²) in [5.74, 6) is -0.565. The van der Waals surface area contributed by atoms with Crippen LogP contribution >= 0.6 is 0 Å². The monoisotopic (exact) mass is 381 g/mol. The number of aryl methyl sites for hydroxylation is 2. The number of rotatable bonds is 10. The van der Waals surface area contributed by atoms with Gasteiger partial charge in [-0.3, -0.25) is 14.8 Å². The molecule has 2 rings (SSSR count). The number of carbonyl (C=O) groups excluding carboxylic acids is 2. The Morgan fingerprint density at radius 1 is 0.929 bits per heavy atom. The Morgan fingerprint density at radius 2 is 1.54 bits per heavy atom. The minimum absolute atomic E-state index is 0.00396. The van der Waals surface area contributed by atoms with Crippen LogP contribution in [0.25, 0.3) is 6.08 Å². The molecule has 5 N–H and O–H groups in total. The lowest BCUT2D eigenvalue weighted by Gasteiger charge is -2.07. The van der Waals surface area contributed by atoms with Crippen molar-refractivity contribution >= 4 is 23.6 Å². The van der Waals surface area contributed by atoms with E-state index in [9.17, 15) is 9.59 Å². The average Bonchev–Trinajstić information content (AvgIpc) is 2.72. The third-order valence-corrected chi connectivity index (χ3v) is 4.29. The normalized spacial score (nSPS) is 10.8. The summed E-state index contributed by atoms with van der Waals surface area (Å²) in [6.07, 6.45) is 6.78. The van der Waals surface area contributed by atoms with Crippen LogP contribution in [0.1, 0.15) is 36.0 Å². The van der Waals surface area contributed by atoms with E-state index in [2.05, 4.69) is 5.32 Å². The van der Waals surface area contributed by atoms with E-state index in [1.165, 1.54) is 11.6 Å². The van der Waals surface area contributed by atoms with E-state index < -0.39 is 5.91 Å². The van der Waals surface area contributed by atoms with E-state index in [1.807, 2.05) is 48.5 Å². The summed E-state index contributed by atoms with van der Waals surface area (Å²) in [4.78, 5) is 23.1. The zero-order valence-corrected chi connectivity index (χ0v) is 15.9. The summed E-state index contributed by atoms with van der Waals surface area (Å²) in [5.41, 5.74) is 11.1. The van der Waals surface area contributed by atoms with Gasteiger partial charge >= 0.3 is 0 Å². The van der Waals surface area contributed by atoms with E-state index in [4.69, 9.17) is 10.9 Å². The smallest absolute Gasteiger partial charge is 0.267 e. The number of benzene rings is 2. The molecule has 0 bridgehead atoms. The van der Waals surface area contributed by atoms with Gasteiger partial charge in [0.15, 0.2) is 0 Å². The first-order chi connectivity index (χ1) is 13.6. The molecule has 0 atom stereocenters. The van der Waals surface area contributed by atoms with Gasteiger partial charge in [0, 0.05) is 18.2 Å². The van der Waals surface area contributed by atoms with Gasteiger partial charge in [-0.25, -0.2) is 5.48 Å². The molecule has 2 amide bonds. The maximum atomic E-state index is 12.1. The van der Waals surface area contributed by atoms with Crippen molar-refractivity contribution < 1.29 is 14.8 Å². The van der Waals surface area contributed by atoms with Crippen molar-refractivity contribution in [2.24, 2.45) is 5.73 Å². The van der Waals surface area contributed by atoms with Crippen molar-refractivity contribution in [3.8, 4) is 0 Å². The highest BCUT2D eigenvalue weighted by molar-refractivity contribution is 5.91. The van der Waals surface area contributed by atoms with Gasteiger partial charge in [0.05, 0.1) is 0 Å². The minimum Gasteiger partial charge on any atom is -0.330 e. The molecule has 0 aliphatic heterocycles. The second-order valence-corrected chi connectivity index (χ2v) is 6.54. The molecule has 0 heterocycles. The van der Waals surface area contributed by atoms with Gasteiger partial charge in [-0.1, -0.05) is 36.4 Å². The van der Waals surface area contributed by atoms with Crippen LogP contribution < -0.4 is 16.5 Å². The molecule has 0 aliphatic carbocycles. The van der Waals surface area contributed by atoms with Gasteiger partial charge in [0.1, 0.15) is 0 Å². The predicted molar refractivity (Wildman–Crippen MR) is 111 cm³/mol. The van der Waals surface area contributed by atoms with E-state index in [0.29, 0.717) is 13.0 Å². The van der Waals surface area contributed by atoms with Crippen LogP contribution in [0.4, 0.5) is 5.69 Å². The van der Waals surface area contributed by atoms with Crippen LogP contribution in [0.2, 0.25) is 0 Å². The number of nitrogens with one attached hydrogen (secondary N) is 2. The third-order valence-electron chi connectivity index (χ3n) is 4.29. The molecule has 0 radical (unpaired) electrons. The lowest BCUT2D eigenvalue weighted by molar-refractivity contribution is -0.124. The highest BCUT2D eigenvalue weighted by Gasteiger charge is 2.03. The Labute approximate surface area is 165 Å². The van der Waals surface area contributed by atoms with Crippen LogP contribution in [-0.2, 0) is 22.4 Å². The van der Waals surface area contributed by atoms with Crippen LogP contribution in [0.5, 0.6) is 0 Å². The minimum atomic E-state index is -0.569. The van der Waals surface area contributed by atoms with Gasteiger partial charge in [-0.05, 0) is 67.1 Å². The van der Waals surface area contributed by atoms with Gasteiger partial charge < -0.3 is 11.1 Å². The topological polar surface area (TPSA) is 104 Å². The molecule has 6 heteroatoms. The Kier molecular flexibility index (Phi) is 8.91. The molecule has 2 aromatic carbocycles. The molecule has 0 aliphatic rings. The quantitative estimate of drug-likeness (QED) is 0.288. The van der Waals surface area contributed by atoms with Crippen molar-refractivity contribution in [2.45, 2.75) is 32.1 Å². The molecule has 2 aromatic rings. The second kappa shape index (κ2) is 11.7. The summed E-state index contributed by atoms with van der Waals surface area (Å²) in [6.45, 7) is 0.679. The van der Waals surface area contributed by atoms with E-state index in [-0.39, 0.29) is 5.91 Å². The molecule has 0 fully saturated rings. The molecule has 0 saturated heterocycles. The maximum Gasteiger partial charge on any atom is 0.267 e. The number of anilines is 1. The number of carbonyl (C=O) groups is 2. The van der Waals surface area contributed by atoms with Crippen molar-refractivity contribution in [2.75, 3.05) is 11.9 Å². The molecule has 0 aromatic heterocycles. The average molecular weight is 381 g/mol. The number of hydrogen-bond donors (Lipinski definition) is 4. The Morgan fingerprint density at radius 3 is 2.14 bits per heavy atom. The first-order valence-electron chi connectivity index (χ1n) is 9.40. The van der Waals surface area contributed by atoms with E-state index >= 15 is 0 Å². The van der Waals surface area contributed by atoms with Crippen LogP contribution in [0.3, 0.4) is 0 Å². The largest absolute Gasteiger partial charge is 0.330 e. The fraction of sp³-hybridized carbons (Fsp3) is 0.273. The van der Waals surface area contributed by atoms with Gasteiger partial charge in [0.2, 0.25) is 5.91 Å². The van der Waals surface area contributed by atoms with Crippen LogP contribution in [0.15, 0.2) is 54.6 Å². The molecule has 148 valence electrons. The Hall–Kier alpha value is -2.96. The van der Waals surface area contributed by atoms with Gasteiger partial charge in [-0.2, -0.15) is 0 Å². The molecular formula is C22H27N3O3. The number of hydroxylamine groups is 1. The Bertz CT molecular complexity index is 784. The first-order valence-corrected chi connectivity index (χ1v) is 9.40. The highest BCUT2D eigenvalue weighted by atomic mass is 16.5. The number of hydrogen-bond acceptors (Lipinski definition) is 4. The summed E-state index contributed by atoms with van der Waals surface area (Å²) < 4.78 is 0. The lowest BCUT2D eigenvalue weighted by Crippen LogP contribution is -2.14. The van der Waals surface area contributed by atoms with Crippen LogP contribution in [-0.4, -0.2) is 23.6 Å². The first kappa shape index (κ1) is 21.3. The van der Waals surface area contributed by atoms with Gasteiger partial charge in [0.25, 0.3) is 5.91 Å². The van der Waals surface area contributed by atoms with E-state index in [1.54, 1.807) is 11.6 Å². The SMILES string of the molecule is NCCCc1ccc(NC(=O)CCCc2ccc(/C=C/C(=O)NO)cc2)cc1. The third kappa shape index (κ3) is 7.73. The lowest BCUT2D eigenvalue weighted by atomic mass is 10.1. The fourth-order valence-electron chi connectivity index (χ4n) is 2.74. The number of amides is 2. The zero-order chi connectivity index (χ0) is 20.2. The van der Waals surface area contributed by atoms with Crippen molar-refractivity contribution in [1.29, 1.82) is 0 Å². The number of nitrogens with two attached hydrogens (primary N) is 1. The van der Waals surface area contributed by atoms with Crippen molar-refractivity contribution in [3.05, 3.63) is 71.3 Å². The molecule has 6 nitrogen and oxygen atoms in total. The molecule has 28 heavy (non-hydrogen) atoms. The maximum absolute atomic E-state index is 12.1.